The van der Waals surface area contributed by atoms with E-state index in [0.29, 0.717) is 0 Å². The van der Waals surface area contributed by atoms with E-state index in [4.69, 9.17) is 5.11 Å². The van der Waals surface area contributed by atoms with Crippen LogP contribution in [0.25, 0.3) is 28.1 Å². The molecule has 0 radical (unpaired) electrons. The molecule has 0 aliphatic carbocycles. The highest BCUT2D eigenvalue weighted by Gasteiger charge is 2.15. The Morgan fingerprint density at radius 1 is 1.13 bits per heavy atom. The van der Waals surface area contributed by atoms with Gasteiger partial charge < -0.3 is 5.11 Å². The van der Waals surface area contributed by atoms with Crippen LogP contribution in [0.3, 0.4) is 0 Å². The van der Waals surface area contributed by atoms with Crippen LogP contribution in [0, 0.1) is 6.92 Å². The van der Waals surface area contributed by atoms with Crippen molar-refractivity contribution in [2.75, 3.05) is 0 Å². The van der Waals surface area contributed by atoms with Gasteiger partial charge in [-0.05, 0) is 81.3 Å². The van der Waals surface area contributed by atoms with Gasteiger partial charge in [-0.3, -0.25) is 5.10 Å². The van der Waals surface area contributed by atoms with Crippen molar-refractivity contribution in [2.24, 2.45) is 0 Å². The van der Waals surface area contributed by atoms with Crippen molar-refractivity contribution in [2.45, 2.75) is 20.3 Å². The zero-order valence-corrected chi connectivity index (χ0v) is 17.7. The van der Waals surface area contributed by atoms with Crippen molar-refractivity contribution >= 4 is 45.4 Å². The van der Waals surface area contributed by atoms with Gasteiger partial charge in [0.25, 0.3) is 0 Å². The second-order valence-corrected chi connectivity index (χ2v) is 7.88. The summed E-state index contributed by atoms with van der Waals surface area (Å²) in [6, 6.07) is 14.4. The standard InChI is InChI=1S/C25H22N2O2S/c1-3-21(22-15-30-14-16(22)2)25(19-9-10-23-20(12-19)13-26-27-23)18-7-4-17(5-8-18)6-11-24(28)29/h4-15H,3H2,1-2H3,(H,26,27)(H,28,29)/b11-6+,25-21+. The maximum atomic E-state index is 10.8. The van der Waals surface area contributed by atoms with Gasteiger partial charge in [0.2, 0.25) is 0 Å². The van der Waals surface area contributed by atoms with Gasteiger partial charge in [-0.15, -0.1) is 0 Å². The van der Waals surface area contributed by atoms with Crippen LogP contribution in [-0.4, -0.2) is 21.3 Å². The number of aromatic amines is 1. The number of rotatable bonds is 6. The second kappa shape index (κ2) is 8.51. The predicted molar refractivity (Wildman–Crippen MR) is 124 cm³/mol. The van der Waals surface area contributed by atoms with Crippen LogP contribution in [0.1, 0.15) is 41.2 Å². The molecule has 30 heavy (non-hydrogen) atoms. The molecule has 0 aliphatic rings. The van der Waals surface area contributed by atoms with Gasteiger partial charge in [0.1, 0.15) is 0 Å². The monoisotopic (exact) mass is 414 g/mol. The summed E-state index contributed by atoms with van der Waals surface area (Å²) in [5.74, 6) is -0.950. The van der Waals surface area contributed by atoms with Crippen LogP contribution >= 0.6 is 11.3 Å². The fourth-order valence-electron chi connectivity index (χ4n) is 3.71. The van der Waals surface area contributed by atoms with E-state index in [-0.39, 0.29) is 0 Å². The number of aromatic nitrogens is 2. The third-order valence-corrected chi connectivity index (χ3v) is 6.04. The van der Waals surface area contributed by atoms with E-state index in [9.17, 15) is 4.79 Å². The molecule has 0 saturated heterocycles. The van der Waals surface area contributed by atoms with Crippen molar-refractivity contribution in [1.29, 1.82) is 0 Å². The molecule has 0 saturated carbocycles. The number of aliphatic carboxylic acids is 1. The zero-order valence-electron chi connectivity index (χ0n) is 16.8. The van der Waals surface area contributed by atoms with Crippen LogP contribution in [0.4, 0.5) is 0 Å². The summed E-state index contributed by atoms with van der Waals surface area (Å²) in [6.07, 6.45) is 5.51. The number of aryl methyl sites for hydroxylation is 1. The number of carboxylic acid groups (broad SMARTS) is 1. The fourth-order valence-corrected chi connectivity index (χ4v) is 4.58. The molecule has 0 unspecified atom stereocenters. The van der Waals surface area contributed by atoms with Gasteiger partial charge in [0.15, 0.2) is 0 Å². The molecule has 0 amide bonds. The molecule has 0 bridgehead atoms. The first-order valence-corrected chi connectivity index (χ1v) is 10.7. The van der Waals surface area contributed by atoms with Crippen LogP contribution in [0.2, 0.25) is 0 Å². The summed E-state index contributed by atoms with van der Waals surface area (Å²) in [5.41, 5.74) is 9.15. The predicted octanol–water partition coefficient (Wildman–Crippen LogP) is 6.40. The maximum Gasteiger partial charge on any atom is 0.328 e. The Hall–Kier alpha value is -3.44. The van der Waals surface area contributed by atoms with Crippen LogP contribution in [0.15, 0.2) is 65.5 Å². The lowest BCUT2D eigenvalue weighted by atomic mass is 9.87. The number of nitrogens with one attached hydrogen (secondary N) is 1. The number of nitrogens with zero attached hydrogens (tertiary/aromatic N) is 1. The Morgan fingerprint density at radius 3 is 2.57 bits per heavy atom. The molecule has 0 spiro atoms. The zero-order chi connectivity index (χ0) is 21.1. The van der Waals surface area contributed by atoms with Gasteiger partial charge >= 0.3 is 5.97 Å². The van der Waals surface area contributed by atoms with Gasteiger partial charge in [-0.1, -0.05) is 37.3 Å². The highest BCUT2D eigenvalue weighted by Crippen LogP contribution is 2.37. The third kappa shape index (κ3) is 3.98. The molecular formula is C25H22N2O2S. The molecule has 0 atom stereocenters. The molecule has 150 valence electrons. The van der Waals surface area contributed by atoms with Crippen molar-refractivity contribution in [1.82, 2.24) is 10.2 Å². The maximum absolute atomic E-state index is 10.8. The normalized spacial score (nSPS) is 12.5. The lowest BCUT2D eigenvalue weighted by molar-refractivity contribution is -0.131. The fraction of sp³-hybridized carbons (Fsp3) is 0.120. The van der Waals surface area contributed by atoms with E-state index < -0.39 is 5.97 Å². The largest absolute Gasteiger partial charge is 0.478 e. The van der Waals surface area contributed by atoms with E-state index in [1.54, 1.807) is 17.4 Å². The third-order valence-electron chi connectivity index (χ3n) is 5.18. The van der Waals surface area contributed by atoms with E-state index in [0.717, 1.165) is 40.1 Å². The first kappa shape index (κ1) is 19.9. The lowest BCUT2D eigenvalue weighted by Gasteiger charge is -2.16. The molecule has 4 rings (SSSR count). The summed E-state index contributed by atoms with van der Waals surface area (Å²) in [7, 11) is 0. The summed E-state index contributed by atoms with van der Waals surface area (Å²) in [5, 5.41) is 21.5. The number of H-pyrrole nitrogens is 1. The molecular weight excluding hydrogens is 392 g/mol. The van der Waals surface area contributed by atoms with E-state index >= 15 is 0 Å². The number of carbonyl (C=O) groups is 1. The van der Waals surface area contributed by atoms with Gasteiger partial charge in [0, 0.05) is 11.5 Å². The number of fused-ring (bicyclic) bond motifs is 1. The average molecular weight is 415 g/mol. The number of thiophene rings is 1. The highest BCUT2D eigenvalue weighted by molar-refractivity contribution is 7.08. The van der Waals surface area contributed by atoms with Gasteiger partial charge in [-0.2, -0.15) is 16.4 Å². The molecule has 4 nitrogen and oxygen atoms in total. The summed E-state index contributed by atoms with van der Waals surface area (Å²) in [4.78, 5) is 10.8. The number of hydrogen-bond acceptors (Lipinski definition) is 3. The van der Waals surface area contributed by atoms with Crippen LogP contribution in [-0.2, 0) is 4.79 Å². The van der Waals surface area contributed by atoms with Crippen molar-refractivity contribution in [3.8, 4) is 0 Å². The Labute approximate surface area is 179 Å². The number of carboxylic acids is 1. The number of benzene rings is 2. The Balaban J connectivity index is 1.90. The molecule has 5 heteroatoms. The Kier molecular flexibility index (Phi) is 5.63. The first-order chi connectivity index (χ1) is 14.6. The van der Waals surface area contributed by atoms with E-state index in [1.165, 1.54) is 22.3 Å². The SMILES string of the molecule is CC/C(=C(/c1ccc(/C=C/C(=O)O)cc1)c1ccc2[nH]ncc2c1)c1cscc1C. The second-order valence-electron chi connectivity index (χ2n) is 7.14. The quantitative estimate of drug-likeness (QED) is 0.359. The van der Waals surface area contributed by atoms with Gasteiger partial charge in [0.05, 0.1) is 11.7 Å². The molecule has 2 heterocycles. The molecule has 4 aromatic rings. The van der Waals surface area contributed by atoms with E-state index in [1.807, 2.05) is 18.3 Å². The Morgan fingerprint density at radius 2 is 1.90 bits per heavy atom. The summed E-state index contributed by atoms with van der Waals surface area (Å²) >= 11 is 1.72. The molecule has 2 N–H and O–H groups in total. The smallest absolute Gasteiger partial charge is 0.328 e. The van der Waals surface area contributed by atoms with Crippen LogP contribution in [0.5, 0.6) is 0 Å². The van der Waals surface area contributed by atoms with Crippen molar-refractivity contribution in [3.63, 3.8) is 0 Å². The van der Waals surface area contributed by atoms with Gasteiger partial charge in [-0.25, -0.2) is 4.79 Å². The topological polar surface area (TPSA) is 66.0 Å². The molecule has 0 aliphatic heterocycles. The Bertz CT molecular complexity index is 1260. The van der Waals surface area contributed by atoms with E-state index in [2.05, 4.69) is 65.1 Å². The molecule has 2 aromatic carbocycles. The number of hydrogen-bond donors (Lipinski definition) is 2. The molecule has 0 fully saturated rings. The first-order valence-electron chi connectivity index (χ1n) is 9.78. The average Bonchev–Trinajstić information content (AvgIpc) is 3.39. The molecule has 2 aromatic heterocycles. The minimum absolute atomic E-state index is 0.857. The minimum atomic E-state index is -0.950. The number of allylic oxidation sites excluding steroid dienone is 1. The van der Waals surface area contributed by atoms with Crippen LogP contribution < -0.4 is 0 Å². The minimum Gasteiger partial charge on any atom is -0.478 e. The van der Waals surface area contributed by atoms with Crippen molar-refractivity contribution in [3.05, 3.63) is 93.3 Å². The summed E-state index contributed by atoms with van der Waals surface area (Å²) < 4.78 is 0. The van der Waals surface area contributed by atoms with Crippen molar-refractivity contribution < 1.29 is 9.90 Å². The lowest BCUT2D eigenvalue weighted by Crippen LogP contribution is -1.95. The summed E-state index contributed by atoms with van der Waals surface area (Å²) in [6.45, 7) is 4.34. The highest BCUT2D eigenvalue weighted by atomic mass is 32.1.